The Morgan fingerprint density at radius 2 is 0.810 bits per heavy atom. The summed E-state index contributed by atoms with van der Waals surface area (Å²) in [6, 6.07) is 17.2. The molecule has 42 heavy (non-hydrogen) atoms. The summed E-state index contributed by atoms with van der Waals surface area (Å²) in [7, 11) is 0. The Balaban J connectivity index is 1.52. The molecule has 0 radical (unpaired) electrons. The molecule has 2 aliphatic rings. The van der Waals surface area contributed by atoms with Gasteiger partial charge in [0, 0.05) is 10.8 Å². The Kier molecular flexibility index (Phi) is 6.20. The Morgan fingerprint density at radius 1 is 0.500 bits per heavy atom. The summed E-state index contributed by atoms with van der Waals surface area (Å²) >= 11 is 13.4. The molecule has 0 aliphatic carbocycles. The molecule has 0 aromatic heterocycles. The molecular weight excluding hydrogens is 571 g/mol. The van der Waals surface area contributed by atoms with E-state index in [-0.39, 0.29) is 53.9 Å². The first-order chi connectivity index (χ1) is 19.6. The number of carbonyl (C=O) groups excluding carboxylic acids is 4. The van der Waals surface area contributed by atoms with Crippen molar-refractivity contribution in [2.75, 3.05) is 9.80 Å². The lowest BCUT2D eigenvalue weighted by Crippen LogP contribution is -2.44. The van der Waals surface area contributed by atoms with Gasteiger partial charge in [-0.1, -0.05) is 89.0 Å². The second kappa shape index (κ2) is 9.25. The van der Waals surface area contributed by atoms with Gasteiger partial charge in [-0.2, -0.15) is 0 Å². The predicted molar refractivity (Wildman–Crippen MR) is 167 cm³/mol. The van der Waals surface area contributed by atoms with Gasteiger partial charge in [-0.25, -0.2) is 9.80 Å². The molecule has 6 rings (SSSR count). The molecule has 8 heteroatoms. The topological polar surface area (TPSA) is 74.8 Å². The third-order valence-corrected chi connectivity index (χ3v) is 8.59. The fourth-order valence-corrected chi connectivity index (χ4v) is 6.23. The number of halogens is 2. The van der Waals surface area contributed by atoms with Crippen LogP contribution in [0.5, 0.6) is 0 Å². The number of rotatable bonds is 2. The third kappa shape index (κ3) is 4.08. The molecule has 4 amide bonds. The van der Waals surface area contributed by atoms with Crippen molar-refractivity contribution in [2.24, 2.45) is 0 Å². The number of amides is 4. The number of imide groups is 2. The number of nitrogens with zero attached hydrogens (tertiary/aromatic N) is 2. The monoisotopic (exact) mass is 598 g/mol. The van der Waals surface area contributed by atoms with Crippen molar-refractivity contribution in [1.82, 2.24) is 0 Å². The van der Waals surface area contributed by atoms with Gasteiger partial charge in [0.2, 0.25) is 0 Å². The van der Waals surface area contributed by atoms with Crippen molar-refractivity contribution in [3.63, 3.8) is 0 Å². The lowest BCUT2D eigenvalue weighted by molar-refractivity contribution is 0.0873. The molecule has 0 saturated carbocycles. The number of hydrogen-bond donors (Lipinski definition) is 0. The van der Waals surface area contributed by atoms with E-state index in [1.807, 2.05) is 24.3 Å². The summed E-state index contributed by atoms with van der Waals surface area (Å²) < 4.78 is 0. The van der Waals surface area contributed by atoms with Crippen LogP contribution in [0.1, 0.15) is 94.1 Å². The minimum Gasteiger partial charge on any atom is -0.268 e. The largest absolute Gasteiger partial charge is 0.268 e. The van der Waals surface area contributed by atoms with Gasteiger partial charge in [0.25, 0.3) is 23.6 Å². The molecule has 0 atom stereocenters. The molecular formula is C34H28Cl2N2O4. The molecule has 0 bridgehead atoms. The summed E-state index contributed by atoms with van der Waals surface area (Å²) in [6.07, 6.45) is 0. The van der Waals surface area contributed by atoms with E-state index >= 15 is 0 Å². The van der Waals surface area contributed by atoms with Crippen molar-refractivity contribution in [2.45, 2.75) is 52.4 Å². The van der Waals surface area contributed by atoms with Crippen molar-refractivity contribution in [3.05, 3.63) is 104 Å². The van der Waals surface area contributed by atoms with E-state index in [0.29, 0.717) is 11.4 Å². The molecule has 0 spiro atoms. The highest BCUT2D eigenvalue weighted by atomic mass is 35.5. The van der Waals surface area contributed by atoms with Gasteiger partial charge in [0.05, 0.1) is 43.7 Å². The second-order valence-corrected chi connectivity index (χ2v) is 13.6. The summed E-state index contributed by atoms with van der Waals surface area (Å²) in [4.78, 5) is 57.7. The van der Waals surface area contributed by atoms with Crippen LogP contribution < -0.4 is 9.80 Å². The van der Waals surface area contributed by atoms with Crippen molar-refractivity contribution >= 4 is 69.0 Å². The maximum atomic E-state index is 13.9. The van der Waals surface area contributed by atoms with E-state index in [9.17, 15) is 19.2 Å². The minimum atomic E-state index is -0.638. The van der Waals surface area contributed by atoms with Crippen LogP contribution in [0.4, 0.5) is 11.4 Å². The van der Waals surface area contributed by atoms with Gasteiger partial charge in [-0.3, -0.25) is 19.2 Å². The molecule has 0 saturated heterocycles. The first kappa shape index (κ1) is 28.1. The zero-order valence-corrected chi connectivity index (χ0v) is 25.6. The third-order valence-electron chi connectivity index (χ3n) is 7.99. The molecule has 0 unspecified atom stereocenters. The van der Waals surface area contributed by atoms with Crippen molar-refractivity contribution < 1.29 is 19.2 Å². The van der Waals surface area contributed by atoms with Crippen LogP contribution in [0.3, 0.4) is 0 Å². The molecule has 2 aliphatic heterocycles. The summed E-state index contributed by atoms with van der Waals surface area (Å²) in [5.74, 6) is -2.50. The standard InChI is InChI=1S/C34H28Cl2N2O4/c1-33(2,3)17-7-11-19(12-8-17)37-29(39)21-15-24(36)28-26-22(16-23(35)27(25(21)26)31(37)41)30(40)38(32(28)42)20-13-9-18(10-14-20)34(4,5)6/h7-16H,1-6H3. The zero-order chi connectivity index (χ0) is 30.5. The van der Waals surface area contributed by atoms with Gasteiger partial charge < -0.3 is 0 Å². The molecule has 212 valence electrons. The molecule has 4 aromatic carbocycles. The van der Waals surface area contributed by atoms with E-state index in [1.165, 1.54) is 12.1 Å². The Labute approximate surface area is 253 Å². The van der Waals surface area contributed by atoms with Gasteiger partial charge in [0.15, 0.2) is 0 Å². The van der Waals surface area contributed by atoms with Gasteiger partial charge in [-0.05, 0) is 58.4 Å². The normalized spacial score (nSPS) is 15.2. The molecule has 6 nitrogen and oxygen atoms in total. The highest BCUT2D eigenvalue weighted by Crippen LogP contribution is 2.45. The Bertz CT molecular complexity index is 1740. The highest BCUT2D eigenvalue weighted by molar-refractivity contribution is 6.49. The van der Waals surface area contributed by atoms with E-state index in [1.54, 1.807) is 24.3 Å². The first-order valence-corrected chi connectivity index (χ1v) is 14.3. The van der Waals surface area contributed by atoms with Crippen LogP contribution in [0.15, 0.2) is 60.7 Å². The highest BCUT2D eigenvalue weighted by Gasteiger charge is 2.43. The number of carbonyl (C=O) groups is 4. The summed E-state index contributed by atoms with van der Waals surface area (Å²) in [5, 5.41) is 0.343. The smallest absolute Gasteiger partial charge is 0.267 e. The first-order valence-electron chi connectivity index (χ1n) is 13.6. The molecule has 4 aromatic rings. The van der Waals surface area contributed by atoms with Crippen LogP contribution in [0.2, 0.25) is 10.0 Å². The Hall–Kier alpha value is -4.00. The van der Waals surface area contributed by atoms with E-state index in [2.05, 4.69) is 41.5 Å². The quantitative estimate of drug-likeness (QED) is 0.217. The van der Waals surface area contributed by atoms with Crippen LogP contribution in [0.25, 0.3) is 10.8 Å². The maximum Gasteiger partial charge on any atom is 0.267 e. The van der Waals surface area contributed by atoms with Crippen LogP contribution in [-0.4, -0.2) is 23.6 Å². The van der Waals surface area contributed by atoms with Gasteiger partial charge >= 0.3 is 0 Å². The second-order valence-electron chi connectivity index (χ2n) is 12.8. The van der Waals surface area contributed by atoms with Crippen LogP contribution in [0, 0.1) is 0 Å². The summed E-state index contributed by atoms with van der Waals surface area (Å²) in [6.45, 7) is 12.4. The van der Waals surface area contributed by atoms with Crippen LogP contribution >= 0.6 is 23.2 Å². The number of benzene rings is 4. The minimum absolute atomic E-state index is 0.00608. The lowest BCUT2D eigenvalue weighted by Gasteiger charge is -2.33. The fraction of sp³-hybridized carbons (Fsp3) is 0.235. The van der Waals surface area contributed by atoms with E-state index in [4.69, 9.17) is 23.2 Å². The average Bonchev–Trinajstić information content (AvgIpc) is 2.91. The molecule has 0 fully saturated rings. The van der Waals surface area contributed by atoms with Gasteiger partial charge in [0.1, 0.15) is 0 Å². The van der Waals surface area contributed by atoms with Gasteiger partial charge in [-0.15, -0.1) is 0 Å². The predicted octanol–water partition coefficient (Wildman–Crippen LogP) is 8.34. The van der Waals surface area contributed by atoms with E-state index < -0.39 is 23.6 Å². The number of hydrogen-bond acceptors (Lipinski definition) is 4. The zero-order valence-electron chi connectivity index (χ0n) is 24.1. The Morgan fingerprint density at radius 3 is 1.10 bits per heavy atom. The SMILES string of the molecule is CC(C)(C)c1ccc(N2C(=O)c3cc(Cl)c4c5c(cc(Cl)c(c35)C2=O)C(=O)N(c2ccc(C(C)(C)C)cc2)C4=O)cc1. The molecule has 2 heterocycles. The number of anilines is 2. The van der Waals surface area contributed by atoms with Crippen LogP contribution in [-0.2, 0) is 10.8 Å². The fourth-order valence-electron chi connectivity index (χ4n) is 5.66. The van der Waals surface area contributed by atoms with Crippen molar-refractivity contribution in [1.29, 1.82) is 0 Å². The lowest BCUT2D eigenvalue weighted by atomic mass is 9.84. The van der Waals surface area contributed by atoms with E-state index in [0.717, 1.165) is 20.9 Å². The van der Waals surface area contributed by atoms with Crippen molar-refractivity contribution in [3.8, 4) is 0 Å². The molecule has 0 N–H and O–H groups in total. The average molecular weight is 600 g/mol. The maximum absolute atomic E-state index is 13.9. The summed E-state index contributed by atoms with van der Waals surface area (Å²) in [5.41, 5.74) is 2.88.